The van der Waals surface area contributed by atoms with Gasteiger partial charge in [0.2, 0.25) is 0 Å². The van der Waals surface area contributed by atoms with E-state index in [2.05, 4.69) is 225 Å². The molecule has 0 saturated heterocycles. The van der Waals surface area contributed by atoms with Gasteiger partial charge in [0, 0.05) is 59.3 Å². The summed E-state index contributed by atoms with van der Waals surface area (Å²) in [5, 5.41) is 8.90. The molecular weight excluding hydrogens is 868 g/mol. The summed E-state index contributed by atoms with van der Waals surface area (Å²) in [6.45, 7) is 21.8. The van der Waals surface area contributed by atoms with Gasteiger partial charge in [-0.05, 0) is 153 Å². The maximum absolute atomic E-state index is 7.05. The molecule has 2 aromatic heterocycles. The second kappa shape index (κ2) is 15.2. The van der Waals surface area contributed by atoms with Crippen molar-refractivity contribution in [1.82, 2.24) is 0 Å². The lowest BCUT2D eigenvalue weighted by Gasteiger charge is -2.44. The number of benzene rings is 8. The molecule has 2 aliphatic carbocycles. The summed E-state index contributed by atoms with van der Waals surface area (Å²) in [5.41, 5.74) is 22.1. The number of aryl methyl sites for hydroxylation is 1. The lowest BCUT2D eigenvalue weighted by Crippen LogP contribution is -2.41. The van der Waals surface area contributed by atoms with Crippen molar-refractivity contribution in [2.75, 3.05) is 10.2 Å². The minimum absolute atomic E-state index is 0.0374. The number of fused-ring (bicyclic) bond motifs is 10. The minimum atomic E-state index is 0.0374. The molecule has 0 unspecified atom stereocenters. The Bertz CT molecular complexity index is 3810. The van der Waals surface area contributed by atoms with Gasteiger partial charge in [-0.2, -0.15) is 0 Å². The van der Waals surface area contributed by atoms with Crippen LogP contribution in [0.2, 0.25) is 0 Å². The van der Waals surface area contributed by atoms with Crippen LogP contribution in [0.15, 0.2) is 150 Å². The standard InChI is InChI=1S/C65H60BN2OS/c1-38-33-48-50(65(8,9)32-31-63(48,4)5)37-52(38)68-53-34-40(39-17-11-10-12-18-39)23-28-51(53)66-58-54(68)36-46-43-20-14-16-22-56(43)70-61(46)57(58)45-26-25-44-42-19-13-15-21-55(42)69-60(44)59(45)67-41-24-27-47-49(35-41)64(6,7)30-29-62(47,2)3/h10-28,33-37,67H,29-32H2,1-9H3. The first-order chi connectivity index (χ1) is 33.6. The van der Waals surface area contributed by atoms with E-state index in [1.54, 1.807) is 0 Å². The number of para-hydroxylation sites is 1. The van der Waals surface area contributed by atoms with Crippen LogP contribution in [0.5, 0.6) is 0 Å². The van der Waals surface area contributed by atoms with E-state index in [9.17, 15) is 0 Å². The van der Waals surface area contributed by atoms with Gasteiger partial charge in [-0.15, -0.1) is 11.3 Å². The third-order valence-electron chi connectivity index (χ3n) is 17.0. The Hall–Kier alpha value is -6.56. The zero-order valence-electron chi connectivity index (χ0n) is 42.0. The van der Waals surface area contributed by atoms with Crippen molar-refractivity contribution in [3.8, 4) is 22.3 Å². The van der Waals surface area contributed by atoms with Gasteiger partial charge in [-0.1, -0.05) is 158 Å². The topological polar surface area (TPSA) is 28.4 Å². The van der Waals surface area contributed by atoms with Gasteiger partial charge in [0.05, 0.1) is 5.69 Å². The number of anilines is 5. The Morgan fingerprint density at radius 3 is 1.94 bits per heavy atom. The van der Waals surface area contributed by atoms with Crippen molar-refractivity contribution in [3.05, 3.63) is 173 Å². The average molecular weight is 928 g/mol. The number of nitrogens with one attached hydrogen (secondary N) is 1. The van der Waals surface area contributed by atoms with E-state index >= 15 is 0 Å². The zero-order chi connectivity index (χ0) is 48.1. The van der Waals surface area contributed by atoms with Gasteiger partial charge in [-0.3, -0.25) is 0 Å². The van der Waals surface area contributed by atoms with E-state index in [-0.39, 0.29) is 21.7 Å². The average Bonchev–Trinajstić information content (AvgIpc) is 3.92. The van der Waals surface area contributed by atoms with Crippen LogP contribution < -0.4 is 21.1 Å². The predicted molar refractivity (Wildman–Crippen MR) is 302 cm³/mol. The maximum atomic E-state index is 7.05. The Kier molecular flexibility index (Phi) is 9.45. The summed E-state index contributed by atoms with van der Waals surface area (Å²) in [6.07, 6.45) is 4.66. The molecule has 3 nitrogen and oxygen atoms in total. The van der Waals surface area contributed by atoms with Crippen molar-refractivity contribution < 1.29 is 4.42 Å². The molecule has 10 aromatic rings. The molecule has 345 valence electrons. The first-order valence-electron chi connectivity index (χ1n) is 25.4. The van der Waals surface area contributed by atoms with Gasteiger partial charge >= 0.3 is 0 Å². The van der Waals surface area contributed by atoms with Gasteiger partial charge in [0.15, 0.2) is 12.9 Å². The number of hydrogen-bond donors (Lipinski definition) is 1. The van der Waals surface area contributed by atoms with Crippen LogP contribution in [0.1, 0.15) is 109 Å². The van der Waals surface area contributed by atoms with Crippen LogP contribution in [0.25, 0.3) is 64.4 Å². The lowest BCUT2D eigenvalue weighted by atomic mass is 9.57. The molecule has 13 rings (SSSR count). The summed E-state index contributed by atoms with van der Waals surface area (Å²) in [5.74, 6) is 0. The Morgan fingerprint density at radius 2 is 1.19 bits per heavy atom. The monoisotopic (exact) mass is 927 g/mol. The summed E-state index contributed by atoms with van der Waals surface area (Å²) in [7, 11) is 2.48. The quantitative estimate of drug-likeness (QED) is 0.174. The van der Waals surface area contributed by atoms with Crippen molar-refractivity contribution in [3.63, 3.8) is 0 Å². The second-order valence-electron chi connectivity index (χ2n) is 23.3. The SMILES string of the molecule is Cc1cc2c(cc1N1c3cc(-c4ccccc4)ccc3[B]c3c1cc1c(sc4ccccc41)c3-c1ccc3c(oc4ccccc43)c1Nc1ccc3c(c1)C(C)(C)CCC3(C)C)C(C)(C)CCC2(C)C. The lowest BCUT2D eigenvalue weighted by molar-refractivity contribution is 0.332. The highest BCUT2D eigenvalue weighted by molar-refractivity contribution is 7.26. The van der Waals surface area contributed by atoms with E-state index in [1.165, 1.54) is 106 Å². The molecule has 0 amide bonds. The molecule has 5 heteroatoms. The fraction of sp³-hybridized carbons (Fsp3) is 0.262. The summed E-state index contributed by atoms with van der Waals surface area (Å²) in [4.78, 5) is 2.62. The fourth-order valence-electron chi connectivity index (χ4n) is 12.6. The number of hydrogen-bond acceptors (Lipinski definition) is 4. The minimum Gasteiger partial charge on any atom is -0.454 e. The molecule has 3 aliphatic rings. The number of nitrogens with zero attached hydrogens (tertiary/aromatic N) is 1. The third kappa shape index (κ3) is 6.60. The molecule has 1 aliphatic heterocycles. The van der Waals surface area contributed by atoms with E-state index in [0.717, 1.165) is 51.7 Å². The highest BCUT2D eigenvalue weighted by Gasteiger charge is 2.40. The Labute approximate surface area is 417 Å². The van der Waals surface area contributed by atoms with E-state index in [1.807, 2.05) is 11.3 Å². The van der Waals surface area contributed by atoms with Crippen LogP contribution in [-0.4, -0.2) is 7.28 Å². The molecule has 1 radical (unpaired) electrons. The molecule has 70 heavy (non-hydrogen) atoms. The largest absolute Gasteiger partial charge is 0.454 e. The Morgan fingerprint density at radius 1 is 0.529 bits per heavy atom. The van der Waals surface area contributed by atoms with Crippen LogP contribution in [0, 0.1) is 6.92 Å². The van der Waals surface area contributed by atoms with Gasteiger partial charge < -0.3 is 14.6 Å². The smallest absolute Gasteiger partial charge is 0.197 e. The van der Waals surface area contributed by atoms with Crippen molar-refractivity contribution in [2.24, 2.45) is 0 Å². The number of furan rings is 1. The van der Waals surface area contributed by atoms with Gasteiger partial charge in [0.25, 0.3) is 0 Å². The summed E-state index contributed by atoms with van der Waals surface area (Å²) < 4.78 is 9.60. The van der Waals surface area contributed by atoms with Crippen LogP contribution in [0.3, 0.4) is 0 Å². The third-order valence-corrected chi connectivity index (χ3v) is 18.2. The zero-order valence-corrected chi connectivity index (χ0v) is 42.8. The number of thiophene rings is 1. The molecule has 0 spiro atoms. The highest BCUT2D eigenvalue weighted by Crippen LogP contribution is 2.53. The highest BCUT2D eigenvalue weighted by atomic mass is 32.1. The molecule has 0 atom stereocenters. The van der Waals surface area contributed by atoms with Crippen molar-refractivity contribution in [2.45, 2.75) is 110 Å². The van der Waals surface area contributed by atoms with E-state index in [0.29, 0.717) is 0 Å². The maximum Gasteiger partial charge on any atom is 0.197 e. The molecule has 3 heterocycles. The van der Waals surface area contributed by atoms with Crippen LogP contribution in [0.4, 0.5) is 28.4 Å². The van der Waals surface area contributed by atoms with E-state index < -0.39 is 0 Å². The molecule has 0 saturated carbocycles. The van der Waals surface area contributed by atoms with Gasteiger partial charge in [-0.25, -0.2) is 0 Å². The summed E-state index contributed by atoms with van der Waals surface area (Å²) in [6, 6.07) is 54.8. The fourth-order valence-corrected chi connectivity index (χ4v) is 13.8. The molecule has 1 N–H and O–H groups in total. The molecular formula is C65H60BN2OS. The Balaban J connectivity index is 1.12. The van der Waals surface area contributed by atoms with Crippen LogP contribution in [-0.2, 0) is 21.7 Å². The predicted octanol–water partition coefficient (Wildman–Crippen LogP) is 17.5. The van der Waals surface area contributed by atoms with Gasteiger partial charge in [0.1, 0.15) is 5.58 Å². The first-order valence-corrected chi connectivity index (χ1v) is 26.2. The van der Waals surface area contributed by atoms with E-state index in [4.69, 9.17) is 4.42 Å². The second-order valence-corrected chi connectivity index (χ2v) is 24.4. The molecule has 8 aromatic carbocycles. The molecule has 0 bridgehead atoms. The van der Waals surface area contributed by atoms with Crippen molar-refractivity contribution in [1.29, 1.82) is 0 Å². The molecule has 0 fully saturated rings. The van der Waals surface area contributed by atoms with Crippen LogP contribution >= 0.6 is 11.3 Å². The summed E-state index contributed by atoms with van der Waals surface area (Å²) >= 11 is 1.90. The first kappa shape index (κ1) is 43.5. The number of rotatable bonds is 5. The van der Waals surface area contributed by atoms with Crippen molar-refractivity contribution >= 4 is 100 Å². The normalized spacial score (nSPS) is 17.2.